The molecule has 2 rings (SSSR count). The summed E-state index contributed by atoms with van der Waals surface area (Å²) in [4.78, 5) is 12.6. The average molecular weight is 222 g/mol. The van der Waals surface area contributed by atoms with Gasteiger partial charge in [-0.25, -0.2) is 4.79 Å². The molecular weight excluding hydrogens is 208 g/mol. The molecule has 0 spiro atoms. The van der Waals surface area contributed by atoms with E-state index in [1.54, 1.807) is 0 Å². The van der Waals surface area contributed by atoms with Crippen LogP contribution in [0.25, 0.3) is 0 Å². The lowest BCUT2D eigenvalue weighted by atomic mass is 10.1. The largest absolute Gasteiger partial charge is 0.465 e. The predicted molar refractivity (Wildman–Crippen MR) is 61.4 cm³/mol. The highest BCUT2D eigenvalue weighted by Crippen LogP contribution is 2.29. The van der Waals surface area contributed by atoms with Crippen LogP contribution in [0.3, 0.4) is 0 Å². The maximum Gasteiger partial charge on any atom is 0.337 e. The van der Waals surface area contributed by atoms with Crippen LogP contribution >= 0.6 is 11.8 Å². The van der Waals surface area contributed by atoms with E-state index in [-0.39, 0.29) is 5.97 Å². The van der Waals surface area contributed by atoms with Gasteiger partial charge in [-0.15, -0.1) is 11.8 Å². The average Bonchev–Trinajstić information content (AvgIpc) is 2.51. The molecule has 1 heterocycles. The zero-order chi connectivity index (χ0) is 10.7. The smallest absolute Gasteiger partial charge is 0.337 e. The van der Waals surface area contributed by atoms with E-state index < -0.39 is 0 Å². The van der Waals surface area contributed by atoms with Gasteiger partial charge in [-0.1, -0.05) is 6.07 Å². The first-order valence-corrected chi connectivity index (χ1v) is 6.14. The van der Waals surface area contributed by atoms with Gasteiger partial charge in [-0.05, 0) is 42.7 Å². The lowest BCUT2D eigenvalue weighted by Gasteiger charge is -2.06. The van der Waals surface area contributed by atoms with Gasteiger partial charge in [0.1, 0.15) is 0 Å². The van der Waals surface area contributed by atoms with Gasteiger partial charge in [0, 0.05) is 4.90 Å². The van der Waals surface area contributed by atoms with E-state index in [2.05, 4.69) is 6.07 Å². The zero-order valence-corrected chi connectivity index (χ0v) is 9.60. The molecule has 0 atom stereocenters. The normalized spacial score (nSPS) is 15.3. The van der Waals surface area contributed by atoms with Crippen molar-refractivity contribution >= 4 is 17.7 Å². The van der Waals surface area contributed by atoms with Crippen LogP contribution in [0.2, 0.25) is 0 Å². The summed E-state index contributed by atoms with van der Waals surface area (Å²) in [5, 5.41) is 0. The first-order valence-electron chi connectivity index (χ1n) is 5.15. The van der Waals surface area contributed by atoms with Gasteiger partial charge >= 0.3 is 5.97 Å². The molecule has 15 heavy (non-hydrogen) atoms. The number of hydrogen-bond acceptors (Lipinski definition) is 3. The van der Waals surface area contributed by atoms with Gasteiger partial charge in [0.05, 0.1) is 12.7 Å². The second kappa shape index (κ2) is 4.71. The minimum atomic E-state index is -0.248. The van der Waals surface area contributed by atoms with E-state index in [0.29, 0.717) is 5.56 Å². The highest BCUT2D eigenvalue weighted by Gasteiger charge is 2.12. The minimum Gasteiger partial charge on any atom is -0.465 e. The Kier molecular flexibility index (Phi) is 3.31. The fraction of sp³-hybridized carbons (Fsp3) is 0.417. The van der Waals surface area contributed by atoms with E-state index in [1.165, 1.54) is 30.4 Å². The number of esters is 1. The Bertz CT molecular complexity index is 374. The Balaban J connectivity index is 2.31. The zero-order valence-electron chi connectivity index (χ0n) is 8.79. The highest BCUT2D eigenvalue weighted by atomic mass is 32.2. The Morgan fingerprint density at radius 1 is 1.40 bits per heavy atom. The van der Waals surface area contributed by atoms with Crippen molar-refractivity contribution in [3.63, 3.8) is 0 Å². The molecule has 3 heteroatoms. The lowest BCUT2D eigenvalue weighted by molar-refractivity contribution is 0.0600. The number of thioether (sulfide) groups is 1. The molecule has 2 nitrogen and oxygen atoms in total. The number of fused-ring (bicyclic) bond motifs is 1. The van der Waals surface area contributed by atoms with Crippen molar-refractivity contribution in [2.24, 2.45) is 0 Å². The molecule has 0 saturated heterocycles. The summed E-state index contributed by atoms with van der Waals surface area (Å²) >= 11 is 1.84. The van der Waals surface area contributed by atoms with E-state index in [1.807, 2.05) is 23.9 Å². The van der Waals surface area contributed by atoms with Crippen LogP contribution in [0.4, 0.5) is 0 Å². The van der Waals surface area contributed by atoms with Crippen molar-refractivity contribution in [3.05, 3.63) is 29.3 Å². The molecule has 80 valence electrons. The Hall–Kier alpha value is -0.960. The summed E-state index contributed by atoms with van der Waals surface area (Å²) in [6.07, 6.45) is 3.63. The molecule has 0 fully saturated rings. The van der Waals surface area contributed by atoms with Crippen molar-refractivity contribution < 1.29 is 9.53 Å². The topological polar surface area (TPSA) is 26.3 Å². The number of rotatable bonds is 1. The van der Waals surface area contributed by atoms with Crippen LogP contribution in [0.15, 0.2) is 23.1 Å². The number of methoxy groups -OCH3 is 1. The highest BCUT2D eigenvalue weighted by molar-refractivity contribution is 7.99. The third-order valence-electron chi connectivity index (χ3n) is 2.59. The molecule has 0 bridgehead atoms. The van der Waals surface area contributed by atoms with E-state index in [4.69, 9.17) is 4.74 Å². The summed E-state index contributed by atoms with van der Waals surface area (Å²) in [7, 11) is 1.42. The second-order valence-electron chi connectivity index (χ2n) is 3.62. The van der Waals surface area contributed by atoms with Crippen LogP contribution in [0, 0.1) is 0 Å². The minimum absolute atomic E-state index is 0.248. The second-order valence-corrected chi connectivity index (χ2v) is 4.76. The molecule has 1 aromatic carbocycles. The third-order valence-corrected chi connectivity index (χ3v) is 3.77. The lowest BCUT2D eigenvalue weighted by Crippen LogP contribution is -2.01. The van der Waals surface area contributed by atoms with Gasteiger partial charge < -0.3 is 4.74 Å². The van der Waals surface area contributed by atoms with Gasteiger partial charge in [-0.2, -0.15) is 0 Å². The van der Waals surface area contributed by atoms with Crippen LogP contribution in [-0.2, 0) is 11.2 Å². The molecule has 0 N–H and O–H groups in total. The molecule has 0 amide bonds. The summed E-state index contributed by atoms with van der Waals surface area (Å²) in [5.74, 6) is 0.903. The first kappa shape index (κ1) is 10.6. The van der Waals surface area contributed by atoms with Crippen molar-refractivity contribution in [1.82, 2.24) is 0 Å². The van der Waals surface area contributed by atoms with Crippen molar-refractivity contribution in [3.8, 4) is 0 Å². The maximum atomic E-state index is 11.4. The molecular formula is C12H14O2S. The summed E-state index contributed by atoms with van der Waals surface area (Å²) in [5.41, 5.74) is 2.02. The van der Waals surface area contributed by atoms with E-state index in [9.17, 15) is 4.79 Å². The van der Waals surface area contributed by atoms with Crippen molar-refractivity contribution in [2.45, 2.75) is 24.2 Å². The standard InChI is InChI=1S/C12H14O2S/c1-14-12(13)10-6-5-9-4-2-3-7-15-11(9)8-10/h5-6,8H,2-4,7H2,1H3. The van der Waals surface area contributed by atoms with Crippen molar-refractivity contribution in [2.75, 3.05) is 12.9 Å². The number of benzene rings is 1. The molecule has 0 aromatic heterocycles. The van der Waals surface area contributed by atoms with Crippen LogP contribution in [-0.4, -0.2) is 18.8 Å². The maximum absolute atomic E-state index is 11.4. The molecule has 1 aliphatic heterocycles. The van der Waals surface area contributed by atoms with Gasteiger partial charge in [0.15, 0.2) is 0 Å². The summed E-state index contributed by atoms with van der Waals surface area (Å²) in [6, 6.07) is 5.87. The number of carbonyl (C=O) groups excluding carboxylic acids is 1. The number of ether oxygens (including phenoxy) is 1. The quantitative estimate of drug-likeness (QED) is 0.683. The van der Waals surface area contributed by atoms with Crippen LogP contribution in [0.1, 0.15) is 28.8 Å². The Morgan fingerprint density at radius 2 is 2.27 bits per heavy atom. The molecule has 1 aliphatic rings. The molecule has 0 unspecified atom stereocenters. The number of carbonyl (C=O) groups is 1. The first-order chi connectivity index (χ1) is 7.31. The molecule has 1 aromatic rings. The Morgan fingerprint density at radius 3 is 3.07 bits per heavy atom. The third kappa shape index (κ3) is 2.34. The van der Waals surface area contributed by atoms with Gasteiger partial charge in [0.25, 0.3) is 0 Å². The SMILES string of the molecule is COC(=O)c1ccc2c(c1)SCCCC2. The fourth-order valence-electron chi connectivity index (χ4n) is 1.74. The number of hydrogen-bond donors (Lipinski definition) is 0. The van der Waals surface area contributed by atoms with E-state index >= 15 is 0 Å². The Labute approximate surface area is 94.0 Å². The molecule has 0 aliphatic carbocycles. The van der Waals surface area contributed by atoms with Gasteiger partial charge in [0.2, 0.25) is 0 Å². The van der Waals surface area contributed by atoms with Crippen molar-refractivity contribution in [1.29, 1.82) is 0 Å². The van der Waals surface area contributed by atoms with E-state index in [0.717, 1.165) is 12.2 Å². The molecule has 0 saturated carbocycles. The summed E-state index contributed by atoms with van der Waals surface area (Å²) in [6.45, 7) is 0. The van der Waals surface area contributed by atoms with Gasteiger partial charge in [-0.3, -0.25) is 0 Å². The fourth-order valence-corrected chi connectivity index (χ4v) is 2.87. The molecule has 0 radical (unpaired) electrons. The van der Waals surface area contributed by atoms with Crippen LogP contribution < -0.4 is 0 Å². The monoisotopic (exact) mass is 222 g/mol. The van der Waals surface area contributed by atoms with Crippen LogP contribution in [0.5, 0.6) is 0 Å². The predicted octanol–water partition coefficient (Wildman–Crippen LogP) is 2.90. The summed E-state index contributed by atoms with van der Waals surface area (Å²) < 4.78 is 4.71. The number of aryl methyl sites for hydroxylation is 1.